The average molecular weight is 325 g/mol. The number of carbonyl (C=O) groups is 3. The zero-order valence-corrected chi connectivity index (χ0v) is 13.9. The lowest BCUT2D eigenvalue weighted by Crippen LogP contribution is -2.48. The van der Waals surface area contributed by atoms with Crippen molar-refractivity contribution in [3.63, 3.8) is 0 Å². The summed E-state index contributed by atoms with van der Waals surface area (Å²) in [6.45, 7) is 3.90. The summed E-state index contributed by atoms with van der Waals surface area (Å²) in [5.41, 5.74) is -0.705. The van der Waals surface area contributed by atoms with E-state index in [1.807, 2.05) is 6.92 Å². The summed E-state index contributed by atoms with van der Waals surface area (Å²) >= 11 is 0. The molecule has 1 saturated carbocycles. The molecule has 1 aliphatic heterocycles. The number of nitrogens with zero attached hydrogens (tertiary/aromatic N) is 1. The molecule has 0 unspecified atom stereocenters. The number of hydrogen-bond donors (Lipinski definition) is 2. The fraction of sp³-hybridized carbons (Fsp3) is 0.812. The molecule has 1 saturated heterocycles. The highest BCUT2D eigenvalue weighted by Gasteiger charge is 2.50. The quantitative estimate of drug-likeness (QED) is 0.518. The SMILES string of the molecule is CCOCCCNC(=O)CCN1C(=O)NC2(CCCCC2)C1=O. The van der Waals surface area contributed by atoms with Crippen LogP contribution in [0.15, 0.2) is 0 Å². The predicted octanol–water partition coefficient (Wildman–Crippen LogP) is 1.17. The number of rotatable bonds is 8. The van der Waals surface area contributed by atoms with Crippen LogP contribution < -0.4 is 10.6 Å². The topological polar surface area (TPSA) is 87.7 Å². The van der Waals surface area contributed by atoms with Crippen molar-refractivity contribution >= 4 is 17.8 Å². The Morgan fingerprint density at radius 2 is 2.04 bits per heavy atom. The smallest absolute Gasteiger partial charge is 0.325 e. The van der Waals surface area contributed by atoms with Gasteiger partial charge in [-0.15, -0.1) is 0 Å². The first kappa shape index (κ1) is 17.7. The molecule has 0 aromatic rings. The zero-order valence-electron chi connectivity index (χ0n) is 13.9. The molecule has 2 fully saturated rings. The second-order valence-electron chi connectivity index (χ2n) is 6.18. The average Bonchev–Trinajstić information content (AvgIpc) is 2.76. The summed E-state index contributed by atoms with van der Waals surface area (Å²) in [4.78, 5) is 37.6. The summed E-state index contributed by atoms with van der Waals surface area (Å²) in [5, 5.41) is 5.63. The molecular weight excluding hydrogens is 298 g/mol. The molecule has 7 nitrogen and oxygen atoms in total. The highest BCUT2D eigenvalue weighted by atomic mass is 16.5. The van der Waals surface area contributed by atoms with Gasteiger partial charge in [0.05, 0.1) is 0 Å². The minimum atomic E-state index is -0.705. The molecule has 130 valence electrons. The Bertz CT molecular complexity index is 447. The number of hydrogen-bond acceptors (Lipinski definition) is 4. The maximum Gasteiger partial charge on any atom is 0.325 e. The molecule has 0 aromatic carbocycles. The van der Waals surface area contributed by atoms with Crippen LogP contribution in [0, 0.1) is 0 Å². The van der Waals surface area contributed by atoms with Crippen molar-refractivity contribution in [1.82, 2.24) is 15.5 Å². The van der Waals surface area contributed by atoms with E-state index in [0.29, 0.717) is 32.6 Å². The van der Waals surface area contributed by atoms with Crippen molar-refractivity contribution in [2.45, 2.75) is 57.4 Å². The van der Waals surface area contributed by atoms with E-state index in [1.165, 1.54) is 4.90 Å². The van der Waals surface area contributed by atoms with Gasteiger partial charge in [0.25, 0.3) is 5.91 Å². The number of imide groups is 1. The Labute approximate surface area is 137 Å². The molecule has 7 heteroatoms. The van der Waals surface area contributed by atoms with Gasteiger partial charge in [0.1, 0.15) is 5.54 Å². The number of amides is 4. The first-order chi connectivity index (χ1) is 11.1. The van der Waals surface area contributed by atoms with Crippen molar-refractivity contribution in [3.05, 3.63) is 0 Å². The summed E-state index contributed by atoms with van der Waals surface area (Å²) in [6.07, 6.45) is 5.33. The standard InChI is InChI=1S/C16H27N3O4/c1-2-23-12-6-10-17-13(20)7-11-19-14(21)16(18-15(19)22)8-4-3-5-9-16/h2-12H2,1H3,(H,17,20)(H,18,22). The van der Waals surface area contributed by atoms with E-state index >= 15 is 0 Å². The third-order valence-electron chi connectivity index (χ3n) is 4.51. The van der Waals surface area contributed by atoms with Gasteiger partial charge in [-0.1, -0.05) is 19.3 Å². The normalized spacial score (nSPS) is 20.0. The van der Waals surface area contributed by atoms with Gasteiger partial charge in [-0.2, -0.15) is 0 Å². The third kappa shape index (κ3) is 4.43. The van der Waals surface area contributed by atoms with Crippen LogP contribution in [0.25, 0.3) is 0 Å². The number of nitrogens with one attached hydrogen (secondary N) is 2. The largest absolute Gasteiger partial charge is 0.382 e. The molecule has 1 spiro atoms. The molecule has 2 rings (SSSR count). The molecule has 0 atom stereocenters. The molecule has 0 radical (unpaired) electrons. The van der Waals surface area contributed by atoms with Crippen LogP contribution in [0.2, 0.25) is 0 Å². The molecule has 0 bridgehead atoms. The molecule has 2 aliphatic rings. The van der Waals surface area contributed by atoms with Crippen molar-refractivity contribution in [2.75, 3.05) is 26.3 Å². The predicted molar refractivity (Wildman–Crippen MR) is 84.8 cm³/mol. The Morgan fingerprint density at radius 1 is 1.30 bits per heavy atom. The Balaban J connectivity index is 1.73. The fourth-order valence-electron chi connectivity index (χ4n) is 3.22. The van der Waals surface area contributed by atoms with E-state index in [2.05, 4.69) is 10.6 Å². The van der Waals surface area contributed by atoms with Gasteiger partial charge in [0.2, 0.25) is 5.91 Å². The van der Waals surface area contributed by atoms with Gasteiger partial charge in [-0.05, 0) is 26.2 Å². The van der Waals surface area contributed by atoms with Crippen LogP contribution in [-0.2, 0) is 14.3 Å². The first-order valence-corrected chi connectivity index (χ1v) is 8.57. The Morgan fingerprint density at radius 3 is 2.74 bits per heavy atom. The van der Waals surface area contributed by atoms with E-state index in [0.717, 1.165) is 25.7 Å². The van der Waals surface area contributed by atoms with E-state index in [-0.39, 0.29) is 30.8 Å². The molecule has 1 aliphatic carbocycles. The molecule has 4 amide bonds. The maximum atomic E-state index is 12.5. The monoisotopic (exact) mass is 325 g/mol. The molecular formula is C16H27N3O4. The van der Waals surface area contributed by atoms with Crippen molar-refractivity contribution in [1.29, 1.82) is 0 Å². The molecule has 1 heterocycles. The van der Waals surface area contributed by atoms with E-state index in [1.54, 1.807) is 0 Å². The minimum absolute atomic E-state index is 0.143. The minimum Gasteiger partial charge on any atom is -0.382 e. The van der Waals surface area contributed by atoms with Gasteiger partial charge in [-0.3, -0.25) is 14.5 Å². The first-order valence-electron chi connectivity index (χ1n) is 8.57. The van der Waals surface area contributed by atoms with Crippen molar-refractivity contribution in [3.8, 4) is 0 Å². The summed E-state index contributed by atoms with van der Waals surface area (Å²) < 4.78 is 5.19. The number of urea groups is 1. The van der Waals surface area contributed by atoms with Crippen LogP contribution in [0.5, 0.6) is 0 Å². The Kier molecular flexibility index (Phi) is 6.38. The summed E-state index contributed by atoms with van der Waals surface area (Å²) in [5.74, 6) is -0.307. The van der Waals surface area contributed by atoms with E-state index in [4.69, 9.17) is 4.74 Å². The van der Waals surface area contributed by atoms with Gasteiger partial charge in [0, 0.05) is 32.7 Å². The summed E-state index contributed by atoms with van der Waals surface area (Å²) in [6, 6.07) is -0.360. The molecule has 2 N–H and O–H groups in total. The second-order valence-corrected chi connectivity index (χ2v) is 6.18. The maximum absolute atomic E-state index is 12.5. The van der Waals surface area contributed by atoms with Crippen molar-refractivity contribution < 1.29 is 19.1 Å². The fourth-order valence-corrected chi connectivity index (χ4v) is 3.22. The van der Waals surface area contributed by atoms with Crippen molar-refractivity contribution in [2.24, 2.45) is 0 Å². The van der Waals surface area contributed by atoms with Crippen LogP contribution in [0.4, 0.5) is 4.79 Å². The number of carbonyl (C=O) groups excluding carboxylic acids is 3. The Hall–Kier alpha value is -1.63. The molecule has 23 heavy (non-hydrogen) atoms. The van der Waals surface area contributed by atoms with E-state index < -0.39 is 5.54 Å². The zero-order chi connectivity index (χ0) is 16.7. The highest BCUT2D eigenvalue weighted by molar-refractivity contribution is 6.07. The van der Waals surface area contributed by atoms with E-state index in [9.17, 15) is 14.4 Å². The van der Waals surface area contributed by atoms with Crippen LogP contribution in [0.3, 0.4) is 0 Å². The van der Waals surface area contributed by atoms with Crippen LogP contribution in [0.1, 0.15) is 51.9 Å². The lowest BCUT2D eigenvalue weighted by molar-refractivity contribution is -0.132. The lowest BCUT2D eigenvalue weighted by Gasteiger charge is -2.30. The third-order valence-corrected chi connectivity index (χ3v) is 4.51. The van der Waals surface area contributed by atoms with Crippen LogP contribution in [-0.4, -0.2) is 54.6 Å². The van der Waals surface area contributed by atoms with Crippen LogP contribution >= 0.6 is 0 Å². The lowest BCUT2D eigenvalue weighted by atomic mass is 9.82. The molecule has 0 aromatic heterocycles. The van der Waals surface area contributed by atoms with Gasteiger partial charge < -0.3 is 15.4 Å². The number of ether oxygens (including phenoxy) is 1. The summed E-state index contributed by atoms with van der Waals surface area (Å²) in [7, 11) is 0. The van der Waals surface area contributed by atoms with Gasteiger partial charge in [-0.25, -0.2) is 4.79 Å². The highest BCUT2D eigenvalue weighted by Crippen LogP contribution is 2.33. The van der Waals surface area contributed by atoms with Gasteiger partial charge in [0.15, 0.2) is 0 Å². The second kappa shape index (κ2) is 8.29. The van der Waals surface area contributed by atoms with Gasteiger partial charge >= 0.3 is 6.03 Å².